The normalized spacial score (nSPS) is 16.0. The summed E-state index contributed by atoms with van der Waals surface area (Å²) in [4.78, 5) is 11.8. The number of carbonyl (C=O) groups is 1. The second kappa shape index (κ2) is 6.37. The number of carbonyl (C=O) groups excluding carboxylic acids is 1. The summed E-state index contributed by atoms with van der Waals surface area (Å²) < 4.78 is 0. The molecule has 0 spiro atoms. The van der Waals surface area contributed by atoms with Crippen molar-refractivity contribution in [2.45, 2.75) is 25.9 Å². The lowest BCUT2D eigenvalue weighted by Crippen LogP contribution is -2.41. The van der Waals surface area contributed by atoms with E-state index in [2.05, 4.69) is 5.32 Å². The molecule has 0 aromatic heterocycles. The van der Waals surface area contributed by atoms with Crippen LogP contribution in [-0.2, 0) is 4.79 Å². The number of amides is 1. The van der Waals surface area contributed by atoms with Crippen molar-refractivity contribution in [3.63, 3.8) is 0 Å². The Hall–Kier alpha value is -1.39. The summed E-state index contributed by atoms with van der Waals surface area (Å²) in [5.41, 5.74) is 6.56. The predicted octanol–water partition coefficient (Wildman–Crippen LogP) is 0.819. The lowest BCUT2D eigenvalue weighted by Gasteiger charge is -2.21. The topological polar surface area (TPSA) is 75.4 Å². The van der Waals surface area contributed by atoms with Gasteiger partial charge in [-0.2, -0.15) is 0 Å². The van der Waals surface area contributed by atoms with E-state index in [1.165, 1.54) is 0 Å². The maximum atomic E-state index is 11.8. The molecule has 0 bridgehead atoms. The van der Waals surface area contributed by atoms with Crippen LogP contribution in [0.15, 0.2) is 30.3 Å². The summed E-state index contributed by atoms with van der Waals surface area (Å²) in [6.45, 7) is 3.45. The number of nitrogens with one attached hydrogen (secondary N) is 1. The molecule has 3 unspecified atom stereocenters. The SMILES string of the molecule is CC(N)C(C)C(=O)NC(CO)c1ccccc1. The van der Waals surface area contributed by atoms with Gasteiger partial charge in [-0.3, -0.25) is 4.79 Å². The smallest absolute Gasteiger partial charge is 0.224 e. The van der Waals surface area contributed by atoms with E-state index < -0.39 is 0 Å². The van der Waals surface area contributed by atoms with Crippen LogP contribution in [0.4, 0.5) is 0 Å². The number of aliphatic hydroxyl groups excluding tert-OH is 1. The quantitative estimate of drug-likeness (QED) is 0.708. The first-order valence-electron chi connectivity index (χ1n) is 5.78. The van der Waals surface area contributed by atoms with E-state index in [0.29, 0.717) is 0 Å². The maximum Gasteiger partial charge on any atom is 0.224 e. The number of benzene rings is 1. The number of aliphatic hydroxyl groups is 1. The van der Waals surface area contributed by atoms with Crippen molar-refractivity contribution in [3.8, 4) is 0 Å². The standard InChI is InChI=1S/C13H20N2O2/c1-9(10(2)14)13(17)15-12(8-16)11-6-4-3-5-7-11/h3-7,9-10,12,16H,8,14H2,1-2H3,(H,15,17). The highest BCUT2D eigenvalue weighted by Gasteiger charge is 2.20. The second-order valence-corrected chi connectivity index (χ2v) is 4.30. The molecule has 1 aromatic rings. The van der Waals surface area contributed by atoms with Gasteiger partial charge in [-0.25, -0.2) is 0 Å². The van der Waals surface area contributed by atoms with Gasteiger partial charge in [0, 0.05) is 12.0 Å². The molecular formula is C13H20N2O2. The number of hydrogen-bond donors (Lipinski definition) is 3. The molecule has 17 heavy (non-hydrogen) atoms. The zero-order valence-electron chi connectivity index (χ0n) is 10.3. The second-order valence-electron chi connectivity index (χ2n) is 4.30. The van der Waals surface area contributed by atoms with Gasteiger partial charge >= 0.3 is 0 Å². The van der Waals surface area contributed by atoms with Gasteiger partial charge in [0.2, 0.25) is 5.91 Å². The van der Waals surface area contributed by atoms with Crippen LogP contribution in [0.2, 0.25) is 0 Å². The van der Waals surface area contributed by atoms with Gasteiger partial charge < -0.3 is 16.2 Å². The highest BCUT2D eigenvalue weighted by atomic mass is 16.3. The highest BCUT2D eigenvalue weighted by Crippen LogP contribution is 2.13. The Bertz CT molecular complexity index is 352. The zero-order chi connectivity index (χ0) is 12.8. The van der Waals surface area contributed by atoms with Crippen LogP contribution >= 0.6 is 0 Å². The minimum atomic E-state index is -0.370. The Morgan fingerprint density at radius 3 is 2.41 bits per heavy atom. The minimum Gasteiger partial charge on any atom is -0.394 e. The Labute approximate surface area is 102 Å². The fraction of sp³-hybridized carbons (Fsp3) is 0.462. The summed E-state index contributed by atoms with van der Waals surface area (Å²) in [6, 6.07) is 8.81. The lowest BCUT2D eigenvalue weighted by molar-refractivity contribution is -0.126. The van der Waals surface area contributed by atoms with Crippen LogP contribution in [0, 0.1) is 5.92 Å². The van der Waals surface area contributed by atoms with E-state index in [9.17, 15) is 9.90 Å². The Balaban J connectivity index is 2.68. The van der Waals surface area contributed by atoms with E-state index >= 15 is 0 Å². The third kappa shape index (κ3) is 3.84. The van der Waals surface area contributed by atoms with Gasteiger partial charge in [-0.15, -0.1) is 0 Å². The van der Waals surface area contributed by atoms with Crippen molar-refractivity contribution in [1.82, 2.24) is 5.32 Å². The average Bonchev–Trinajstić information content (AvgIpc) is 2.35. The first-order chi connectivity index (χ1) is 8.06. The molecule has 4 N–H and O–H groups in total. The zero-order valence-corrected chi connectivity index (χ0v) is 10.3. The molecule has 4 nitrogen and oxygen atoms in total. The van der Waals surface area contributed by atoms with Gasteiger partial charge in [0.15, 0.2) is 0 Å². The van der Waals surface area contributed by atoms with Gasteiger partial charge in [-0.1, -0.05) is 37.3 Å². The van der Waals surface area contributed by atoms with E-state index in [-0.39, 0.29) is 30.5 Å². The summed E-state index contributed by atoms with van der Waals surface area (Å²) >= 11 is 0. The van der Waals surface area contributed by atoms with Gasteiger partial charge in [0.25, 0.3) is 0 Å². The molecule has 3 atom stereocenters. The van der Waals surface area contributed by atoms with Crippen molar-refractivity contribution in [2.24, 2.45) is 11.7 Å². The largest absolute Gasteiger partial charge is 0.394 e. The van der Waals surface area contributed by atoms with Crippen LogP contribution in [0.1, 0.15) is 25.5 Å². The third-order valence-electron chi connectivity index (χ3n) is 2.90. The fourth-order valence-electron chi connectivity index (χ4n) is 1.46. The number of hydrogen-bond acceptors (Lipinski definition) is 3. The predicted molar refractivity (Wildman–Crippen MR) is 67.2 cm³/mol. The van der Waals surface area contributed by atoms with Crippen LogP contribution in [0.3, 0.4) is 0 Å². The van der Waals surface area contributed by atoms with Crippen LogP contribution in [0.25, 0.3) is 0 Å². The van der Waals surface area contributed by atoms with Crippen LogP contribution in [-0.4, -0.2) is 23.7 Å². The molecule has 94 valence electrons. The van der Waals surface area contributed by atoms with Crippen molar-refractivity contribution < 1.29 is 9.90 Å². The minimum absolute atomic E-state index is 0.124. The Kier molecular flexibility index (Phi) is 5.12. The van der Waals surface area contributed by atoms with Crippen molar-refractivity contribution in [2.75, 3.05) is 6.61 Å². The molecule has 4 heteroatoms. The monoisotopic (exact) mass is 236 g/mol. The molecule has 0 radical (unpaired) electrons. The molecule has 0 aliphatic carbocycles. The van der Waals surface area contributed by atoms with Crippen molar-refractivity contribution >= 4 is 5.91 Å². The maximum absolute atomic E-state index is 11.8. The Morgan fingerprint density at radius 2 is 1.94 bits per heavy atom. The molecule has 0 aliphatic rings. The van der Waals surface area contributed by atoms with Crippen LogP contribution in [0.5, 0.6) is 0 Å². The summed E-state index contributed by atoms with van der Waals surface area (Å²) in [5.74, 6) is -0.407. The van der Waals surface area contributed by atoms with E-state index in [4.69, 9.17) is 5.73 Å². The molecule has 0 saturated heterocycles. The van der Waals surface area contributed by atoms with Crippen LogP contribution < -0.4 is 11.1 Å². The molecule has 0 fully saturated rings. The first-order valence-corrected chi connectivity index (χ1v) is 5.78. The molecule has 0 heterocycles. The van der Waals surface area contributed by atoms with E-state index in [1.807, 2.05) is 30.3 Å². The molecular weight excluding hydrogens is 216 g/mol. The van der Waals surface area contributed by atoms with E-state index in [0.717, 1.165) is 5.56 Å². The van der Waals surface area contributed by atoms with Crippen molar-refractivity contribution in [3.05, 3.63) is 35.9 Å². The molecule has 1 amide bonds. The fourth-order valence-corrected chi connectivity index (χ4v) is 1.46. The highest BCUT2D eigenvalue weighted by molar-refractivity contribution is 5.79. The summed E-state index contributed by atoms with van der Waals surface area (Å²) in [7, 11) is 0. The van der Waals surface area contributed by atoms with Gasteiger partial charge in [0.05, 0.1) is 12.6 Å². The molecule has 1 rings (SSSR count). The summed E-state index contributed by atoms with van der Waals surface area (Å²) in [5, 5.41) is 12.1. The summed E-state index contributed by atoms with van der Waals surface area (Å²) in [6.07, 6.45) is 0. The number of rotatable bonds is 5. The lowest BCUT2D eigenvalue weighted by atomic mass is 10.0. The molecule has 1 aromatic carbocycles. The van der Waals surface area contributed by atoms with Gasteiger partial charge in [0.1, 0.15) is 0 Å². The van der Waals surface area contributed by atoms with Gasteiger partial charge in [-0.05, 0) is 12.5 Å². The number of nitrogens with two attached hydrogens (primary N) is 1. The van der Waals surface area contributed by atoms with Crippen molar-refractivity contribution in [1.29, 1.82) is 0 Å². The first kappa shape index (κ1) is 13.7. The Morgan fingerprint density at radius 1 is 1.35 bits per heavy atom. The average molecular weight is 236 g/mol. The third-order valence-corrected chi connectivity index (χ3v) is 2.90. The molecule has 0 aliphatic heterocycles. The van der Waals surface area contributed by atoms with E-state index in [1.54, 1.807) is 13.8 Å². The molecule has 0 saturated carbocycles.